The van der Waals surface area contributed by atoms with Crippen molar-refractivity contribution >= 4 is 28.3 Å². The number of halogens is 1. The van der Waals surface area contributed by atoms with Gasteiger partial charge < -0.3 is 14.6 Å². The van der Waals surface area contributed by atoms with Gasteiger partial charge in [-0.15, -0.1) is 12.4 Å². The Balaban J connectivity index is 0.00000242. The molecule has 1 amide bonds. The van der Waals surface area contributed by atoms with Crippen LogP contribution < -0.4 is 5.32 Å². The fraction of sp³-hybridized carbons (Fsp3) is 0.615. The van der Waals surface area contributed by atoms with E-state index in [1.807, 2.05) is 0 Å². The van der Waals surface area contributed by atoms with E-state index in [9.17, 15) is 13.2 Å². The summed E-state index contributed by atoms with van der Waals surface area (Å²) in [7, 11) is -0.815. The van der Waals surface area contributed by atoms with Crippen LogP contribution in [0.2, 0.25) is 0 Å². The minimum atomic E-state index is -3.67. The number of hydrogen-bond acceptors (Lipinski definition) is 5. The average Bonchev–Trinajstić information content (AvgIpc) is 2.65. The monoisotopic (exact) mass is 351 g/mol. The van der Waals surface area contributed by atoms with Crippen LogP contribution in [0.4, 0.5) is 0 Å². The molecule has 1 saturated heterocycles. The Labute approximate surface area is 137 Å². The lowest BCUT2D eigenvalue weighted by atomic mass is 10.2. The van der Waals surface area contributed by atoms with E-state index in [4.69, 9.17) is 4.42 Å². The Morgan fingerprint density at radius 3 is 2.64 bits per heavy atom. The number of carbonyl (C=O) groups is 1. The molecule has 7 nitrogen and oxygen atoms in total. The number of hydrogen-bond donors (Lipinski definition) is 1. The number of nitrogens with one attached hydrogen (secondary N) is 1. The molecule has 1 N–H and O–H groups in total. The lowest BCUT2D eigenvalue weighted by Gasteiger charge is -2.19. The number of nitrogens with zero attached hydrogens (tertiary/aromatic N) is 2. The molecule has 22 heavy (non-hydrogen) atoms. The Kier molecular flexibility index (Phi) is 6.42. The first-order chi connectivity index (χ1) is 9.84. The molecule has 1 aromatic heterocycles. The summed E-state index contributed by atoms with van der Waals surface area (Å²) in [6.45, 7) is 4.50. The molecule has 0 atom stereocenters. The highest BCUT2D eigenvalue weighted by Crippen LogP contribution is 2.22. The maximum atomic E-state index is 12.5. The summed E-state index contributed by atoms with van der Waals surface area (Å²) >= 11 is 0. The topological polar surface area (TPSA) is 82.9 Å². The molecule has 1 aromatic rings. The van der Waals surface area contributed by atoms with Crippen LogP contribution in [0, 0.1) is 6.92 Å². The summed E-state index contributed by atoms with van der Waals surface area (Å²) in [5, 5.41) is 3.03. The van der Waals surface area contributed by atoms with E-state index in [0.717, 1.165) is 23.8 Å². The van der Waals surface area contributed by atoms with Gasteiger partial charge in [0.1, 0.15) is 5.76 Å². The van der Waals surface area contributed by atoms with E-state index < -0.39 is 10.0 Å². The molecule has 9 heteroatoms. The summed E-state index contributed by atoms with van der Waals surface area (Å²) in [5.74, 6) is 0.151. The van der Waals surface area contributed by atoms with Crippen molar-refractivity contribution in [2.75, 3.05) is 40.3 Å². The van der Waals surface area contributed by atoms with Gasteiger partial charge in [0.2, 0.25) is 5.09 Å². The maximum Gasteiger partial charge on any atom is 0.275 e. The molecule has 2 rings (SSSR count). The van der Waals surface area contributed by atoms with Gasteiger partial charge in [0.15, 0.2) is 0 Å². The van der Waals surface area contributed by atoms with Crippen LogP contribution >= 0.6 is 12.4 Å². The van der Waals surface area contributed by atoms with Gasteiger partial charge in [-0.2, -0.15) is 0 Å². The predicted molar refractivity (Wildman–Crippen MR) is 85.0 cm³/mol. The molecule has 0 bridgehead atoms. The van der Waals surface area contributed by atoms with Gasteiger partial charge in [-0.3, -0.25) is 4.79 Å². The minimum Gasteiger partial charge on any atom is -0.448 e. The molecule has 126 valence electrons. The van der Waals surface area contributed by atoms with Gasteiger partial charge in [-0.05, 0) is 19.9 Å². The summed E-state index contributed by atoms with van der Waals surface area (Å²) in [6, 6.07) is 1.32. The molecular formula is C13H22ClN3O4S. The first-order valence-corrected chi connectivity index (χ1v) is 8.31. The van der Waals surface area contributed by atoms with E-state index in [1.54, 1.807) is 11.8 Å². The molecule has 0 radical (unpaired) electrons. The summed E-state index contributed by atoms with van der Waals surface area (Å²) in [5.41, 5.74) is 0.317. The zero-order valence-corrected chi connectivity index (χ0v) is 14.6. The predicted octanol–water partition coefficient (Wildman–Crippen LogP) is 0.696. The van der Waals surface area contributed by atoms with Crippen molar-refractivity contribution in [3.8, 4) is 0 Å². The number of carbonyl (C=O) groups excluding carboxylic acids is 1. The third-order valence-electron chi connectivity index (χ3n) is 3.49. The van der Waals surface area contributed by atoms with Gasteiger partial charge in [0.25, 0.3) is 15.9 Å². The van der Waals surface area contributed by atoms with Crippen molar-refractivity contribution in [3.63, 3.8) is 0 Å². The fourth-order valence-electron chi connectivity index (χ4n) is 2.19. The number of sulfonamides is 1. The van der Waals surface area contributed by atoms with Gasteiger partial charge in [0, 0.05) is 39.8 Å². The lowest BCUT2D eigenvalue weighted by Crippen LogP contribution is -2.34. The largest absolute Gasteiger partial charge is 0.448 e. The Bertz CT molecular complexity index is 619. The number of amides is 1. The van der Waals surface area contributed by atoms with E-state index in [-0.39, 0.29) is 23.4 Å². The van der Waals surface area contributed by atoms with Crippen LogP contribution in [0.25, 0.3) is 0 Å². The zero-order chi connectivity index (χ0) is 15.6. The van der Waals surface area contributed by atoms with E-state index in [1.165, 1.54) is 20.2 Å². The van der Waals surface area contributed by atoms with E-state index >= 15 is 0 Å². The van der Waals surface area contributed by atoms with Crippen molar-refractivity contribution in [3.05, 3.63) is 17.4 Å². The molecule has 1 fully saturated rings. The number of aryl methyl sites for hydroxylation is 1. The van der Waals surface area contributed by atoms with Crippen molar-refractivity contribution in [2.24, 2.45) is 0 Å². The van der Waals surface area contributed by atoms with Crippen LogP contribution in [0.3, 0.4) is 0 Å². The summed E-state index contributed by atoms with van der Waals surface area (Å²) in [6.07, 6.45) is 0.880. The fourth-order valence-corrected chi connectivity index (χ4v) is 3.05. The smallest absolute Gasteiger partial charge is 0.275 e. The van der Waals surface area contributed by atoms with Crippen LogP contribution in [0.5, 0.6) is 0 Å². The molecule has 0 saturated carbocycles. The molecular weight excluding hydrogens is 330 g/mol. The van der Waals surface area contributed by atoms with E-state index in [0.29, 0.717) is 24.4 Å². The Hall–Kier alpha value is -1.09. The van der Waals surface area contributed by atoms with Crippen molar-refractivity contribution in [1.82, 2.24) is 14.5 Å². The molecule has 0 unspecified atom stereocenters. The SMILES string of the molecule is Cc1oc(S(=O)(=O)N(C)C)cc1C(=O)N1CCCNCC1.Cl. The molecule has 0 aliphatic carbocycles. The second-order valence-corrected chi connectivity index (χ2v) is 7.30. The first-order valence-electron chi connectivity index (χ1n) is 6.87. The second kappa shape index (κ2) is 7.45. The quantitative estimate of drug-likeness (QED) is 0.866. The molecule has 2 heterocycles. The van der Waals surface area contributed by atoms with Gasteiger partial charge in [0.05, 0.1) is 5.56 Å². The Morgan fingerprint density at radius 1 is 1.32 bits per heavy atom. The third kappa shape index (κ3) is 3.81. The van der Waals surface area contributed by atoms with Gasteiger partial charge in [-0.1, -0.05) is 0 Å². The highest BCUT2D eigenvalue weighted by atomic mass is 35.5. The molecule has 1 aliphatic rings. The normalized spacial score (nSPS) is 16.3. The maximum absolute atomic E-state index is 12.5. The first kappa shape index (κ1) is 19.0. The summed E-state index contributed by atoms with van der Waals surface area (Å²) < 4.78 is 30.5. The number of furan rings is 1. The second-order valence-electron chi connectivity index (χ2n) is 5.22. The van der Waals surface area contributed by atoms with Crippen LogP contribution in [0.15, 0.2) is 15.6 Å². The Morgan fingerprint density at radius 2 is 2.00 bits per heavy atom. The van der Waals surface area contributed by atoms with Gasteiger partial charge in [-0.25, -0.2) is 12.7 Å². The lowest BCUT2D eigenvalue weighted by molar-refractivity contribution is 0.0764. The van der Waals surface area contributed by atoms with Crippen LogP contribution in [-0.2, 0) is 10.0 Å². The van der Waals surface area contributed by atoms with Gasteiger partial charge >= 0.3 is 0 Å². The van der Waals surface area contributed by atoms with Crippen molar-refractivity contribution in [2.45, 2.75) is 18.4 Å². The van der Waals surface area contributed by atoms with E-state index in [2.05, 4.69) is 5.32 Å². The minimum absolute atomic E-state index is 0. The molecule has 1 aliphatic heterocycles. The van der Waals surface area contributed by atoms with Crippen LogP contribution in [0.1, 0.15) is 22.5 Å². The zero-order valence-electron chi connectivity index (χ0n) is 13.0. The average molecular weight is 352 g/mol. The standard InChI is InChI=1S/C13H21N3O4S.ClH/c1-10-11(9-12(20-10)21(18,19)15(2)3)13(17)16-7-4-5-14-6-8-16;/h9,14H,4-8H2,1-3H3;1H. The van der Waals surface area contributed by atoms with Crippen molar-refractivity contribution < 1.29 is 17.6 Å². The molecule has 0 spiro atoms. The number of rotatable bonds is 3. The highest BCUT2D eigenvalue weighted by Gasteiger charge is 2.27. The van der Waals surface area contributed by atoms with Crippen LogP contribution in [-0.4, -0.2) is 63.8 Å². The van der Waals surface area contributed by atoms with Crippen molar-refractivity contribution in [1.29, 1.82) is 0 Å². The summed E-state index contributed by atoms with van der Waals surface area (Å²) in [4.78, 5) is 14.2. The highest BCUT2D eigenvalue weighted by molar-refractivity contribution is 7.88. The third-order valence-corrected chi connectivity index (χ3v) is 5.16. The molecule has 0 aromatic carbocycles.